The Balaban J connectivity index is 1.48. The van der Waals surface area contributed by atoms with Gasteiger partial charge in [0.05, 0.1) is 5.69 Å². The SMILES string of the molecule is Cc1nc(C)c(C(=O)NC2C=CC(c3cc4c(cc3C)OC(F)(F)O4)=CN2)o1. The molecule has 1 aromatic carbocycles. The van der Waals surface area contributed by atoms with E-state index in [0.29, 0.717) is 17.1 Å². The summed E-state index contributed by atoms with van der Waals surface area (Å²) in [7, 11) is 0. The highest BCUT2D eigenvalue weighted by Crippen LogP contribution is 2.43. The van der Waals surface area contributed by atoms with Gasteiger partial charge >= 0.3 is 6.29 Å². The Morgan fingerprint density at radius 1 is 1.21 bits per heavy atom. The van der Waals surface area contributed by atoms with E-state index in [9.17, 15) is 13.6 Å². The van der Waals surface area contributed by atoms with Gasteiger partial charge in [-0.3, -0.25) is 4.79 Å². The van der Waals surface area contributed by atoms with E-state index >= 15 is 0 Å². The second-order valence-electron chi connectivity index (χ2n) is 6.51. The summed E-state index contributed by atoms with van der Waals surface area (Å²) < 4.78 is 40.8. The molecule has 1 atom stereocenters. The number of fused-ring (bicyclic) bond motifs is 1. The first-order chi connectivity index (χ1) is 13.2. The molecule has 0 aliphatic carbocycles. The van der Waals surface area contributed by atoms with E-state index in [-0.39, 0.29) is 17.3 Å². The van der Waals surface area contributed by atoms with Crippen molar-refractivity contribution in [3.8, 4) is 11.5 Å². The average molecular weight is 389 g/mol. The first-order valence-corrected chi connectivity index (χ1v) is 8.52. The van der Waals surface area contributed by atoms with Crippen LogP contribution in [0.5, 0.6) is 11.5 Å². The van der Waals surface area contributed by atoms with Crippen molar-refractivity contribution in [2.24, 2.45) is 0 Å². The number of dihydropyridines is 1. The highest BCUT2D eigenvalue weighted by atomic mass is 19.3. The molecule has 1 amide bonds. The van der Waals surface area contributed by atoms with E-state index in [2.05, 4.69) is 25.1 Å². The van der Waals surface area contributed by atoms with Gasteiger partial charge in [-0.1, -0.05) is 6.08 Å². The van der Waals surface area contributed by atoms with Crippen LogP contribution in [0.2, 0.25) is 0 Å². The lowest BCUT2D eigenvalue weighted by Gasteiger charge is -2.20. The molecule has 1 aromatic heterocycles. The number of carbonyl (C=O) groups is 1. The molecule has 3 heterocycles. The van der Waals surface area contributed by atoms with Gasteiger partial charge in [0.1, 0.15) is 6.17 Å². The Morgan fingerprint density at radius 2 is 1.93 bits per heavy atom. The zero-order valence-corrected chi connectivity index (χ0v) is 15.3. The molecule has 0 fully saturated rings. The normalized spacial score (nSPS) is 19.2. The minimum Gasteiger partial charge on any atom is -0.436 e. The number of hydrogen-bond donors (Lipinski definition) is 2. The molecule has 0 spiro atoms. The van der Waals surface area contributed by atoms with Crippen molar-refractivity contribution in [2.75, 3.05) is 0 Å². The van der Waals surface area contributed by atoms with Crippen molar-refractivity contribution in [1.82, 2.24) is 15.6 Å². The van der Waals surface area contributed by atoms with Crippen LogP contribution in [0.1, 0.15) is 33.3 Å². The lowest BCUT2D eigenvalue weighted by molar-refractivity contribution is -0.286. The van der Waals surface area contributed by atoms with Crippen LogP contribution in [0.15, 0.2) is 34.9 Å². The molecule has 4 rings (SSSR count). The summed E-state index contributed by atoms with van der Waals surface area (Å²) in [5, 5.41) is 5.81. The van der Waals surface area contributed by atoms with E-state index in [1.54, 1.807) is 39.1 Å². The molecule has 0 radical (unpaired) electrons. The highest BCUT2D eigenvalue weighted by Gasteiger charge is 2.43. The lowest BCUT2D eigenvalue weighted by Crippen LogP contribution is -2.43. The predicted octanol–water partition coefficient (Wildman–Crippen LogP) is 3.18. The van der Waals surface area contributed by atoms with Gasteiger partial charge in [-0.05, 0) is 48.8 Å². The van der Waals surface area contributed by atoms with Gasteiger partial charge in [-0.15, -0.1) is 8.78 Å². The van der Waals surface area contributed by atoms with Crippen LogP contribution in [0, 0.1) is 20.8 Å². The number of allylic oxidation sites excluding steroid dienone is 2. The summed E-state index contributed by atoms with van der Waals surface area (Å²) in [6.45, 7) is 5.15. The molecule has 0 saturated carbocycles. The van der Waals surface area contributed by atoms with Gasteiger partial charge in [0.2, 0.25) is 5.76 Å². The zero-order chi connectivity index (χ0) is 20.1. The number of benzene rings is 1. The highest BCUT2D eigenvalue weighted by molar-refractivity contribution is 5.93. The van der Waals surface area contributed by atoms with Crippen LogP contribution in [-0.2, 0) is 0 Å². The monoisotopic (exact) mass is 389 g/mol. The number of alkyl halides is 2. The van der Waals surface area contributed by atoms with Gasteiger partial charge in [0.15, 0.2) is 17.4 Å². The zero-order valence-electron chi connectivity index (χ0n) is 15.3. The predicted molar refractivity (Wildman–Crippen MR) is 94.9 cm³/mol. The second kappa shape index (κ2) is 6.36. The average Bonchev–Trinajstić information content (AvgIpc) is 3.11. The Hall–Kier alpha value is -3.36. The maximum Gasteiger partial charge on any atom is 0.586 e. The lowest BCUT2D eigenvalue weighted by atomic mass is 9.98. The van der Waals surface area contributed by atoms with Crippen molar-refractivity contribution in [2.45, 2.75) is 33.2 Å². The van der Waals surface area contributed by atoms with Gasteiger partial charge in [-0.2, -0.15) is 0 Å². The Kier molecular flexibility index (Phi) is 4.10. The molecule has 0 bridgehead atoms. The fourth-order valence-electron chi connectivity index (χ4n) is 3.10. The summed E-state index contributed by atoms with van der Waals surface area (Å²) in [5.41, 5.74) is 2.71. The number of amides is 1. The van der Waals surface area contributed by atoms with Crippen LogP contribution in [0.3, 0.4) is 0 Å². The Labute approximate surface area is 159 Å². The number of aromatic nitrogens is 1. The van der Waals surface area contributed by atoms with Crippen molar-refractivity contribution in [1.29, 1.82) is 0 Å². The molecule has 2 aromatic rings. The van der Waals surface area contributed by atoms with E-state index in [4.69, 9.17) is 4.42 Å². The topological polar surface area (TPSA) is 85.6 Å². The number of halogens is 2. The first-order valence-electron chi connectivity index (χ1n) is 8.52. The van der Waals surface area contributed by atoms with Crippen molar-refractivity contribution in [3.05, 3.63) is 59.0 Å². The molecule has 28 heavy (non-hydrogen) atoms. The fourth-order valence-corrected chi connectivity index (χ4v) is 3.10. The van der Waals surface area contributed by atoms with Gasteiger partial charge < -0.3 is 24.5 Å². The molecule has 0 saturated heterocycles. The largest absolute Gasteiger partial charge is 0.586 e. The van der Waals surface area contributed by atoms with Crippen LogP contribution in [0.25, 0.3) is 5.57 Å². The maximum absolute atomic E-state index is 13.2. The van der Waals surface area contributed by atoms with Crippen LogP contribution in [-0.4, -0.2) is 23.4 Å². The molecular formula is C19H17F2N3O4. The number of nitrogens with zero attached hydrogens (tertiary/aromatic N) is 1. The third-order valence-electron chi connectivity index (χ3n) is 4.34. The van der Waals surface area contributed by atoms with Crippen LogP contribution >= 0.6 is 0 Å². The third-order valence-corrected chi connectivity index (χ3v) is 4.34. The first kappa shape index (κ1) is 18.0. The fraction of sp³-hybridized carbons (Fsp3) is 0.263. The number of rotatable bonds is 3. The smallest absolute Gasteiger partial charge is 0.436 e. The molecule has 2 aliphatic rings. The number of ether oxygens (including phenoxy) is 2. The molecule has 146 valence electrons. The third kappa shape index (κ3) is 3.30. The summed E-state index contributed by atoms with van der Waals surface area (Å²) >= 11 is 0. The number of hydrogen-bond acceptors (Lipinski definition) is 6. The standard InChI is InChI=1S/C19H17F2N3O4/c1-9-6-14-15(28-19(20,21)27-14)7-13(9)12-4-5-16(22-8-12)24-18(25)17-10(2)23-11(3)26-17/h4-8,16,22H,1-3H3,(H,24,25). The van der Waals surface area contributed by atoms with Gasteiger partial charge in [0, 0.05) is 13.1 Å². The second-order valence-corrected chi connectivity index (χ2v) is 6.51. The van der Waals surface area contributed by atoms with Gasteiger partial charge in [0.25, 0.3) is 5.91 Å². The minimum absolute atomic E-state index is 0.00228. The van der Waals surface area contributed by atoms with Crippen LogP contribution in [0.4, 0.5) is 8.78 Å². The maximum atomic E-state index is 13.2. The van der Waals surface area contributed by atoms with Crippen molar-refractivity contribution in [3.63, 3.8) is 0 Å². The summed E-state index contributed by atoms with van der Waals surface area (Å²) in [6, 6.07) is 3.01. The summed E-state index contributed by atoms with van der Waals surface area (Å²) in [5.74, 6) is 0.170. The number of carbonyl (C=O) groups excluding carboxylic acids is 1. The molecule has 2 aliphatic heterocycles. The van der Waals surface area contributed by atoms with E-state index < -0.39 is 18.4 Å². The van der Waals surface area contributed by atoms with Gasteiger partial charge in [-0.25, -0.2) is 4.98 Å². The van der Waals surface area contributed by atoms with E-state index in [0.717, 1.165) is 11.1 Å². The molecule has 2 N–H and O–H groups in total. The summed E-state index contributed by atoms with van der Waals surface area (Å²) in [4.78, 5) is 16.4. The number of nitrogens with one attached hydrogen (secondary N) is 2. The minimum atomic E-state index is -3.66. The van der Waals surface area contributed by atoms with E-state index in [1.807, 2.05) is 0 Å². The quantitative estimate of drug-likeness (QED) is 0.839. The Bertz CT molecular complexity index is 1030. The van der Waals surface area contributed by atoms with Crippen molar-refractivity contribution >= 4 is 11.5 Å². The number of oxazole rings is 1. The van der Waals surface area contributed by atoms with Crippen molar-refractivity contribution < 1.29 is 27.5 Å². The summed E-state index contributed by atoms with van der Waals surface area (Å²) in [6.07, 6.45) is 1.09. The molecule has 1 unspecified atom stereocenters. The van der Waals surface area contributed by atoms with Crippen LogP contribution < -0.4 is 20.1 Å². The molecule has 7 nitrogen and oxygen atoms in total. The molecule has 9 heteroatoms. The Morgan fingerprint density at radius 3 is 2.54 bits per heavy atom. The van der Waals surface area contributed by atoms with E-state index in [1.165, 1.54) is 12.1 Å². The molecular weight excluding hydrogens is 372 g/mol. The number of aryl methyl sites for hydroxylation is 3.